The molecule has 0 amide bonds. The van der Waals surface area contributed by atoms with Crippen LogP contribution < -0.4 is 11.5 Å². The Hall–Kier alpha value is -4.18. The van der Waals surface area contributed by atoms with Crippen LogP contribution in [0.15, 0.2) is 42.9 Å². The molecule has 3 heterocycles. The van der Waals surface area contributed by atoms with E-state index in [0.717, 1.165) is 10.9 Å². The van der Waals surface area contributed by atoms with Gasteiger partial charge >= 0.3 is 0 Å². The summed E-state index contributed by atoms with van der Waals surface area (Å²) >= 11 is 0. The number of rotatable bonds is 4. The third-order valence-electron chi connectivity index (χ3n) is 6.93. The van der Waals surface area contributed by atoms with Crippen LogP contribution >= 0.6 is 0 Å². The van der Waals surface area contributed by atoms with Gasteiger partial charge in [0.15, 0.2) is 0 Å². The van der Waals surface area contributed by atoms with Crippen LogP contribution in [0.1, 0.15) is 30.0 Å². The Labute approximate surface area is 195 Å². The number of terminal acetylenes is 1. The van der Waals surface area contributed by atoms with E-state index in [4.69, 9.17) is 23.2 Å². The molecule has 1 aliphatic carbocycles. The molecule has 3 aromatic heterocycles. The molecule has 0 aliphatic heterocycles. The summed E-state index contributed by atoms with van der Waals surface area (Å²) in [5.41, 5.74) is 13.5. The molecule has 0 spiro atoms. The number of aryl methyl sites for hydroxylation is 1. The summed E-state index contributed by atoms with van der Waals surface area (Å²) in [5, 5.41) is 32.6. The fourth-order valence-corrected chi connectivity index (χ4v) is 4.98. The highest BCUT2D eigenvalue weighted by Gasteiger charge is 2.52. The molecule has 1 aliphatic rings. The number of anilines is 2. The van der Waals surface area contributed by atoms with Crippen molar-refractivity contribution in [1.29, 1.82) is 5.26 Å². The topological polar surface area (TPSA) is 160 Å². The van der Waals surface area contributed by atoms with Gasteiger partial charge in [0.05, 0.1) is 34.0 Å². The molecular weight excluding hydrogens is 430 g/mol. The Kier molecular flexibility index (Phi) is 5.09. The number of aromatic nitrogens is 4. The summed E-state index contributed by atoms with van der Waals surface area (Å²) in [6.07, 6.45) is 8.35. The van der Waals surface area contributed by atoms with Gasteiger partial charge in [0.1, 0.15) is 35.8 Å². The summed E-state index contributed by atoms with van der Waals surface area (Å²) in [5.74, 6) is 3.33. The zero-order valence-electron chi connectivity index (χ0n) is 18.3. The number of hydrogen-bond acceptors (Lipinski definition) is 8. The number of aliphatic hydroxyl groups is 2. The Bertz CT molecular complexity index is 1500. The van der Waals surface area contributed by atoms with E-state index in [1.165, 1.54) is 6.33 Å². The van der Waals surface area contributed by atoms with Crippen molar-refractivity contribution in [3.05, 3.63) is 54.0 Å². The average Bonchev–Trinajstić information content (AvgIpc) is 3.38. The first-order valence-electron chi connectivity index (χ1n) is 10.9. The van der Waals surface area contributed by atoms with E-state index < -0.39 is 23.7 Å². The van der Waals surface area contributed by atoms with Gasteiger partial charge in [-0.15, -0.1) is 6.42 Å². The highest BCUT2D eigenvalue weighted by atomic mass is 16.3. The maximum absolute atomic E-state index is 11.0. The molecule has 4 aromatic rings. The zero-order valence-corrected chi connectivity index (χ0v) is 18.3. The smallest absolute Gasteiger partial charge is 0.145 e. The maximum Gasteiger partial charge on any atom is 0.145 e. The second-order valence-electron chi connectivity index (χ2n) is 8.79. The standard InChI is InChI=1S/C25H23N7O2/c1-2-25(7-5-14-3-4-15-10-16(12-26)22(27)31-18(15)9-14)11-19(20(33)21(25)34)32-8-6-17-23(28)29-13-30-24(17)32/h1,3-4,6,8-10,13,19-21,33-34H,5,7,11H2,(H2,27,31)(H2,28,29,30)/t19-,20+,21+,25+/m1/s1. The fraction of sp³-hybridized carbons (Fsp3) is 0.280. The van der Waals surface area contributed by atoms with Gasteiger partial charge in [0.25, 0.3) is 0 Å². The number of nitrogens with two attached hydrogens (primary N) is 2. The molecule has 9 heteroatoms. The van der Waals surface area contributed by atoms with Crippen LogP contribution in [0, 0.1) is 29.1 Å². The van der Waals surface area contributed by atoms with Crippen LogP contribution in [-0.4, -0.2) is 41.9 Å². The van der Waals surface area contributed by atoms with Crippen molar-refractivity contribution >= 4 is 33.6 Å². The van der Waals surface area contributed by atoms with Crippen molar-refractivity contribution in [3.63, 3.8) is 0 Å². The van der Waals surface area contributed by atoms with Crippen LogP contribution in [0.4, 0.5) is 11.6 Å². The lowest BCUT2D eigenvalue weighted by atomic mass is 9.79. The van der Waals surface area contributed by atoms with Gasteiger partial charge in [-0.3, -0.25) is 0 Å². The van der Waals surface area contributed by atoms with Crippen molar-refractivity contribution in [1.82, 2.24) is 19.5 Å². The molecule has 1 aromatic carbocycles. The number of nitrogen functional groups attached to an aromatic ring is 2. The van der Waals surface area contributed by atoms with Gasteiger partial charge in [-0.05, 0) is 43.0 Å². The summed E-state index contributed by atoms with van der Waals surface area (Å²) in [4.78, 5) is 12.7. The molecule has 1 saturated carbocycles. The van der Waals surface area contributed by atoms with Crippen LogP contribution in [-0.2, 0) is 6.42 Å². The van der Waals surface area contributed by atoms with E-state index in [1.54, 1.807) is 18.3 Å². The summed E-state index contributed by atoms with van der Waals surface area (Å²) < 4.78 is 1.82. The Balaban J connectivity index is 1.42. The number of aliphatic hydroxyl groups excluding tert-OH is 2. The largest absolute Gasteiger partial charge is 0.389 e. The minimum atomic E-state index is -1.11. The number of fused-ring (bicyclic) bond motifs is 2. The van der Waals surface area contributed by atoms with E-state index in [1.807, 2.05) is 28.8 Å². The predicted octanol–water partition coefficient (Wildman–Crippen LogP) is 1.93. The van der Waals surface area contributed by atoms with Crippen molar-refractivity contribution in [2.75, 3.05) is 11.5 Å². The molecule has 9 nitrogen and oxygen atoms in total. The summed E-state index contributed by atoms with van der Waals surface area (Å²) in [6.45, 7) is 0. The monoisotopic (exact) mass is 453 g/mol. The normalized spacial score (nSPS) is 24.3. The van der Waals surface area contributed by atoms with E-state index >= 15 is 0 Å². The highest BCUT2D eigenvalue weighted by molar-refractivity contribution is 5.86. The second-order valence-corrected chi connectivity index (χ2v) is 8.79. The second kappa shape index (κ2) is 7.99. The Morgan fingerprint density at radius 1 is 1.18 bits per heavy atom. The predicted molar refractivity (Wildman–Crippen MR) is 128 cm³/mol. The lowest BCUT2D eigenvalue weighted by Crippen LogP contribution is -2.36. The van der Waals surface area contributed by atoms with Crippen molar-refractivity contribution in [3.8, 4) is 18.4 Å². The van der Waals surface area contributed by atoms with E-state index in [9.17, 15) is 10.2 Å². The Morgan fingerprint density at radius 3 is 2.76 bits per heavy atom. The third-order valence-corrected chi connectivity index (χ3v) is 6.93. The van der Waals surface area contributed by atoms with Gasteiger partial charge in [0.2, 0.25) is 0 Å². The van der Waals surface area contributed by atoms with Crippen molar-refractivity contribution in [2.24, 2.45) is 5.41 Å². The first-order valence-corrected chi connectivity index (χ1v) is 10.9. The molecule has 0 bridgehead atoms. The number of nitriles is 1. The number of hydrogen-bond donors (Lipinski definition) is 4. The van der Waals surface area contributed by atoms with Gasteiger partial charge < -0.3 is 26.2 Å². The van der Waals surface area contributed by atoms with Crippen LogP contribution in [0.3, 0.4) is 0 Å². The number of nitrogens with zero attached hydrogens (tertiary/aromatic N) is 5. The molecule has 34 heavy (non-hydrogen) atoms. The summed E-state index contributed by atoms with van der Waals surface area (Å²) in [7, 11) is 0. The molecule has 4 atom stereocenters. The number of benzene rings is 1. The molecule has 1 fully saturated rings. The molecule has 170 valence electrons. The Morgan fingerprint density at radius 2 is 2.00 bits per heavy atom. The summed E-state index contributed by atoms with van der Waals surface area (Å²) in [6, 6.07) is 10.8. The van der Waals surface area contributed by atoms with Gasteiger partial charge in [0, 0.05) is 11.6 Å². The lowest BCUT2D eigenvalue weighted by Gasteiger charge is -2.27. The average molecular weight is 454 g/mol. The van der Waals surface area contributed by atoms with Crippen LogP contribution in [0.25, 0.3) is 21.9 Å². The lowest BCUT2D eigenvalue weighted by molar-refractivity contribution is -0.0115. The fourth-order valence-electron chi connectivity index (χ4n) is 4.98. The number of pyridine rings is 1. The third kappa shape index (κ3) is 3.30. The maximum atomic E-state index is 11.0. The van der Waals surface area contributed by atoms with Gasteiger partial charge in [-0.2, -0.15) is 5.26 Å². The molecule has 0 unspecified atom stereocenters. The molecule has 6 N–H and O–H groups in total. The molecule has 5 rings (SSSR count). The molecule has 0 radical (unpaired) electrons. The van der Waals surface area contributed by atoms with Gasteiger partial charge in [-0.25, -0.2) is 15.0 Å². The van der Waals surface area contributed by atoms with E-state index in [-0.39, 0.29) is 5.82 Å². The molecule has 0 saturated heterocycles. The van der Waals surface area contributed by atoms with E-state index in [0.29, 0.717) is 47.2 Å². The first-order chi connectivity index (χ1) is 16.4. The van der Waals surface area contributed by atoms with Gasteiger partial charge in [-0.1, -0.05) is 18.1 Å². The quantitative estimate of drug-likeness (QED) is 0.341. The van der Waals surface area contributed by atoms with Crippen LogP contribution in [0.5, 0.6) is 0 Å². The SMILES string of the molecule is C#C[C@]1(CCc2ccc3cc(C#N)c(N)nc3c2)C[C@@H](n2ccc3c(N)ncnc32)[C@H](O)[C@@H]1O. The molecular formula is C25H23N7O2. The highest BCUT2D eigenvalue weighted by Crippen LogP contribution is 2.48. The zero-order chi connectivity index (χ0) is 24.0. The van der Waals surface area contributed by atoms with E-state index in [2.05, 4.69) is 20.9 Å². The van der Waals surface area contributed by atoms with Crippen molar-refractivity contribution < 1.29 is 10.2 Å². The van der Waals surface area contributed by atoms with Crippen LogP contribution in [0.2, 0.25) is 0 Å². The minimum Gasteiger partial charge on any atom is -0.389 e. The van der Waals surface area contributed by atoms with Crippen molar-refractivity contribution in [2.45, 2.75) is 37.5 Å². The first kappa shape index (κ1) is 21.7. The minimum absolute atomic E-state index is 0.188.